The molecular weight excluding hydrogens is 1220 g/mol. The molecule has 5 heterocycles. The van der Waals surface area contributed by atoms with Crippen LogP contribution in [0.2, 0.25) is 10.0 Å². The van der Waals surface area contributed by atoms with E-state index in [-0.39, 0.29) is 75.2 Å². The molecule has 4 N–H and O–H groups in total. The van der Waals surface area contributed by atoms with Crippen LogP contribution in [-0.4, -0.2) is 166 Å². The van der Waals surface area contributed by atoms with E-state index in [1.165, 1.54) is 61.7 Å². The maximum atomic E-state index is 16.2. The van der Waals surface area contributed by atoms with Crippen LogP contribution in [-0.2, 0) is 42.2 Å². The SMILES string of the molecule is C=CC(=O)N1CCN(c2nc(O[C@H](C)CN3CCC(OCCOCCOCCNC(=O)c4ccc(NC(=O)[C@@H]5N[C@@H](CC(C)(C)C)[C@](C#N)(c6ccc(Cl)cc6F)[C@H]5c5cccc(Cl)c5F)c(OC)c4)CC3)nc3c2CCN(c2cc(O)cc4ccccc24)C3)CC1. The van der Waals surface area contributed by atoms with Crippen LogP contribution in [0.3, 0.4) is 0 Å². The summed E-state index contributed by atoms with van der Waals surface area (Å²) >= 11 is 12.5. The molecule has 5 atom stereocenters. The normalized spacial score (nSPS) is 19.9. The number of methoxy groups -OCH3 is 1. The first-order chi connectivity index (χ1) is 44.3. The van der Waals surface area contributed by atoms with Gasteiger partial charge in [0.05, 0.1) is 81.3 Å². The molecular formula is C69H80Cl2F2N10O9. The lowest BCUT2D eigenvalue weighted by Gasteiger charge is -2.38. The van der Waals surface area contributed by atoms with Crippen LogP contribution in [0.15, 0.2) is 104 Å². The van der Waals surface area contributed by atoms with E-state index < -0.39 is 52.3 Å². The molecule has 3 saturated heterocycles. The molecule has 4 aliphatic heterocycles. The number of phenols is 1. The smallest absolute Gasteiger partial charge is 0.318 e. The number of hydrogen-bond donors (Lipinski definition) is 4. The molecule has 0 radical (unpaired) electrons. The number of halogens is 4. The lowest BCUT2D eigenvalue weighted by Crippen LogP contribution is -2.49. The summed E-state index contributed by atoms with van der Waals surface area (Å²) in [6, 6.07) is 25.0. The van der Waals surface area contributed by atoms with Gasteiger partial charge in [0.15, 0.2) is 0 Å². The molecule has 0 unspecified atom stereocenters. The van der Waals surface area contributed by atoms with E-state index in [2.05, 4.69) is 49.4 Å². The van der Waals surface area contributed by atoms with Crippen molar-refractivity contribution < 1.29 is 52.0 Å². The molecule has 3 fully saturated rings. The van der Waals surface area contributed by atoms with E-state index in [1.54, 1.807) is 6.07 Å². The van der Waals surface area contributed by atoms with Crippen molar-refractivity contribution in [3.63, 3.8) is 0 Å². The van der Waals surface area contributed by atoms with Crippen molar-refractivity contribution in [1.29, 1.82) is 5.26 Å². The Morgan fingerprint density at radius 3 is 2.38 bits per heavy atom. The second-order valence-corrected chi connectivity index (χ2v) is 25.8. The van der Waals surface area contributed by atoms with Crippen LogP contribution in [0.25, 0.3) is 10.8 Å². The Labute approximate surface area is 545 Å². The van der Waals surface area contributed by atoms with Gasteiger partial charge in [0, 0.05) is 110 Å². The van der Waals surface area contributed by atoms with E-state index in [0.29, 0.717) is 84.5 Å². The number of carbonyl (C=O) groups is 3. The minimum absolute atomic E-state index is 0.0453. The van der Waals surface area contributed by atoms with E-state index in [9.17, 15) is 24.8 Å². The number of phenolic OH excluding ortho intramolecular Hbond substituents is 1. The molecule has 488 valence electrons. The number of piperazine rings is 1. The highest BCUT2D eigenvalue weighted by atomic mass is 35.5. The predicted octanol–water partition coefficient (Wildman–Crippen LogP) is 10.00. The van der Waals surface area contributed by atoms with Crippen LogP contribution < -0.4 is 35.2 Å². The average Bonchev–Trinajstić information content (AvgIpc) is 1.53. The highest BCUT2D eigenvalue weighted by Gasteiger charge is 2.61. The molecule has 0 bridgehead atoms. The summed E-state index contributed by atoms with van der Waals surface area (Å²) in [4.78, 5) is 59.1. The molecule has 23 heteroatoms. The molecule has 19 nitrogen and oxygen atoms in total. The minimum Gasteiger partial charge on any atom is -0.508 e. The Hall–Kier alpha value is -7.68. The van der Waals surface area contributed by atoms with Gasteiger partial charge in [0.25, 0.3) is 5.91 Å². The third kappa shape index (κ3) is 15.5. The van der Waals surface area contributed by atoms with Crippen molar-refractivity contribution in [2.45, 2.75) is 95.5 Å². The summed E-state index contributed by atoms with van der Waals surface area (Å²) in [6.45, 7) is 19.5. The highest BCUT2D eigenvalue weighted by molar-refractivity contribution is 6.31. The van der Waals surface area contributed by atoms with Crippen LogP contribution in [0.5, 0.6) is 17.5 Å². The van der Waals surface area contributed by atoms with Crippen molar-refractivity contribution in [3.05, 3.63) is 153 Å². The van der Waals surface area contributed by atoms with Crippen molar-refractivity contribution in [2.75, 3.05) is 114 Å². The molecule has 1 aromatic heterocycles. The number of nitrogens with one attached hydrogen (secondary N) is 3. The number of anilines is 3. The fraction of sp³-hybridized carbons (Fsp3) is 0.449. The summed E-state index contributed by atoms with van der Waals surface area (Å²) in [5.74, 6) is -2.84. The van der Waals surface area contributed by atoms with Crippen LogP contribution in [0.1, 0.15) is 85.6 Å². The topological polar surface area (TPSA) is 216 Å². The Balaban J connectivity index is 0.651. The summed E-state index contributed by atoms with van der Waals surface area (Å²) in [7, 11) is 1.39. The molecule has 10 rings (SSSR count). The number of carbonyl (C=O) groups excluding carboxylic acids is 3. The van der Waals surface area contributed by atoms with E-state index >= 15 is 8.78 Å². The molecule has 0 saturated carbocycles. The zero-order valence-electron chi connectivity index (χ0n) is 52.6. The first kappa shape index (κ1) is 67.2. The van der Waals surface area contributed by atoms with Crippen LogP contribution in [0, 0.1) is 28.4 Å². The number of likely N-dealkylation sites (tertiary alicyclic amines) is 1. The highest BCUT2D eigenvalue weighted by Crippen LogP contribution is 2.53. The Kier molecular flexibility index (Phi) is 21.9. The fourth-order valence-electron chi connectivity index (χ4n) is 13.2. The number of rotatable bonds is 24. The number of nitrogens with zero attached hydrogens (tertiary/aromatic N) is 7. The largest absolute Gasteiger partial charge is 0.508 e. The second-order valence-electron chi connectivity index (χ2n) is 25.0. The number of aromatic nitrogens is 2. The molecule has 4 aliphatic rings. The Morgan fingerprint density at radius 1 is 0.902 bits per heavy atom. The molecule has 5 aromatic carbocycles. The second kappa shape index (κ2) is 29.9. The Morgan fingerprint density at radius 2 is 1.65 bits per heavy atom. The zero-order valence-corrected chi connectivity index (χ0v) is 54.1. The predicted molar refractivity (Wildman–Crippen MR) is 350 cm³/mol. The van der Waals surface area contributed by atoms with Gasteiger partial charge in [-0.3, -0.25) is 19.3 Å². The number of ether oxygens (including phenoxy) is 5. The van der Waals surface area contributed by atoms with Gasteiger partial charge in [-0.2, -0.15) is 15.2 Å². The monoisotopic (exact) mass is 1300 g/mol. The Bertz CT molecular complexity index is 3690. The number of aromatic hydroxyl groups is 1. The summed E-state index contributed by atoms with van der Waals surface area (Å²) < 4.78 is 62.3. The van der Waals surface area contributed by atoms with Gasteiger partial charge >= 0.3 is 6.01 Å². The third-order valence-corrected chi connectivity index (χ3v) is 18.1. The van der Waals surface area contributed by atoms with Gasteiger partial charge in [0.2, 0.25) is 11.8 Å². The summed E-state index contributed by atoms with van der Waals surface area (Å²) in [5, 5.41) is 32.8. The quantitative estimate of drug-likeness (QED) is 0.0328. The van der Waals surface area contributed by atoms with Gasteiger partial charge in [-0.25, -0.2) is 8.78 Å². The fourth-order valence-corrected chi connectivity index (χ4v) is 13.5. The molecule has 6 aromatic rings. The van der Waals surface area contributed by atoms with Crippen molar-refractivity contribution in [1.82, 2.24) is 30.4 Å². The summed E-state index contributed by atoms with van der Waals surface area (Å²) in [6.07, 6.45) is 3.98. The maximum Gasteiger partial charge on any atom is 0.318 e. The van der Waals surface area contributed by atoms with Crippen molar-refractivity contribution in [2.24, 2.45) is 5.41 Å². The number of benzene rings is 5. The van der Waals surface area contributed by atoms with Crippen molar-refractivity contribution in [3.8, 4) is 23.6 Å². The lowest BCUT2D eigenvalue weighted by molar-refractivity contribution is -0.126. The first-order valence-electron chi connectivity index (χ1n) is 31.3. The van der Waals surface area contributed by atoms with E-state index in [1.807, 2.05) is 56.9 Å². The molecule has 92 heavy (non-hydrogen) atoms. The van der Waals surface area contributed by atoms with Crippen LogP contribution in [0.4, 0.5) is 26.0 Å². The zero-order chi connectivity index (χ0) is 65.3. The molecule has 0 spiro atoms. The van der Waals surface area contributed by atoms with Gasteiger partial charge in [-0.15, -0.1) is 0 Å². The van der Waals surface area contributed by atoms with E-state index in [4.69, 9.17) is 56.9 Å². The number of amides is 3. The van der Waals surface area contributed by atoms with Crippen molar-refractivity contribution >= 4 is 68.9 Å². The number of nitriles is 1. The van der Waals surface area contributed by atoms with Gasteiger partial charge < -0.3 is 59.4 Å². The minimum atomic E-state index is -1.82. The standard InChI is InChI=1S/C69H80Cl2F2N10O9/c1-7-60(85)81-26-28-82(29-27-81)64-50-21-25-83(57-38-47(84)35-44-11-8-9-12-49(44)57)41-56(50)77-67(79-64)92-43(2)40-80-23-19-48(20-24-80)91-34-33-90-32-31-89-30-22-75-65(86)45-15-18-55(58(36-45)88-6)76-66(87)63-61(51-13-10-14-53(71)62(51)73)69(42-74,59(78-63)39-68(3,4)5)52-17-16-46(70)37-54(52)72/h7-18,35-38,43,48,59,61,63,78,84H,1,19-34,39-41H2,2-6H3,(H,75,86)(H,76,87)/t43-,59+,61+,63-,69+/m1/s1. The summed E-state index contributed by atoms with van der Waals surface area (Å²) in [5.41, 5.74) is 1.00. The first-order valence-corrected chi connectivity index (χ1v) is 32.1. The third-order valence-electron chi connectivity index (χ3n) is 17.5. The number of hydrogen-bond acceptors (Lipinski definition) is 16. The lowest BCUT2D eigenvalue weighted by atomic mass is 9.62. The number of fused-ring (bicyclic) bond motifs is 2. The number of piperidine rings is 1. The van der Waals surface area contributed by atoms with Crippen LogP contribution >= 0.6 is 23.2 Å². The molecule has 3 amide bonds. The van der Waals surface area contributed by atoms with E-state index in [0.717, 1.165) is 72.1 Å². The average molecular weight is 1300 g/mol. The van der Waals surface area contributed by atoms with Gasteiger partial charge in [-0.05, 0) is 97.5 Å². The van der Waals surface area contributed by atoms with Gasteiger partial charge in [0.1, 0.15) is 40.5 Å². The van der Waals surface area contributed by atoms with Gasteiger partial charge in [-0.1, -0.05) is 93.0 Å². The maximum absolute atomic E-state index is 16.2. The molecule has 0 aliphatic carbocycles.